The van der Waals surface area contributed by atoms with E-state index in [0.29, 0.717) is 11.7 Å². The minimum Gasteiger partial charge on any atom is -0.325 e. The van der Waals surface area contributed by atoms with Gasteiger partial charge in [0.2, 0.25) is 0 Å². The topological polar surface area (TPSA) is 59.7 Å². The highest BCUT2D eigenvalue weighted by Gasteiger charge is 2.25. The average molecular weight is 215 g/mol. The first-order valence-corrected chi connectivity index (χ1v) is 5.55. The van der Waals surface area contributed by atoms with Gasteiger partial charge in [-0.3, -0.25) is 10.8 Å². The zero-order chi connectivity index (χ0) is 11.9. The van der Waals surface area contributed by atoms with Gasteiger partial charge in [0.1, 0.15) is 11.7 Å². The van der Waals surface area contributed by atoms with Crippen LogP contribution in [0, 0.1) is 10.8 Å². The molecule has 0 fully saturated rings. The summed E-state index contributed by atoms with van der Waals surface area (Å²) in [6.45, 7) is 6.57. The standard InChI is InChI=1S/C13H17N3/c1-4-13(2,3)8-5-6-9-10(7-8)12(15)16-11(9)14/h5-7H,4H2,1-3H3,(H3,14,15,16). The summed E-state index contributed by atoms with van der Waals surface area (Å²) in [6, 6.07) is 6.05. The molecule has 2 rings (SSSR count). The Bertz CT molecular complexity index is 472. The number of rotatable bonds is 2. The lowest BCUT2D eigenvalue weighted by Crippen LogP contribution is -2.20. The third-order valence-corrected chi connectivity index (χ3v) is 3.47. The lowest BCUT2D eigenvalue weighted by Gasteiger charge is -2.23. The smallest absolute Gasteiger partial charge is 0.131 e. The van der Waals surface area contributed by atoms with E-state index >= 15 is 0 Å². The van der Waals surface area contributed by atoms with Gasteiger partial charge < -0.3 is 5.32 Å². The summed E-state index contributed by atoms with van der Waals surface area (Å²) in [5, 5.41) is 18.2. The minimum atomic E-state index is 0.125. The van der Waals surface area contributed by atoms with E-state index < -0.39 is 0 Å². The van der Waals surface area contributed by atoms with E-state index in [1.165, 1.54) is 5.56 Å². The van der Waals surface area contributed by atoms with Crippen LogP contribution in [0.25, 0.3) is 0 Å². The van der Waals surface area contributed by atoms with Gasteiger partial charge >= 0.3 is 0 Å². The van der Waals surface area contributed by atoms with Crippen molar-refractivity contribution in [3.05, 3.63) is 34.9 Å². The monoisotopic (exact) mass is 215 g/mol. The molecule has 0 spiro atoms. The van der Waals surface area contributed by atoms with Crippen molar-refractivity contribution in [3.8, 4) is 0 Å². The Morgan fingerprint density at radius 1 is 1.12 bits per heavy atom. The zero-order valence-corrected chi connectivity index (χ0v) is 9.94. The average Bonchev–Trinajstić information content (AvgIpc) is 2.54. The van der Waals surface area contributed by atoms with E-state index in [1.54, 1.807) is 0 Å². The van der Waals surface area contributed by atoms with E-state index in [1.807, 2.05) is 12.1 Å². The maximum atomic E-state index is 7.77. The van der Waals surface area contributed by atoms with Crippen LogP contribution in [0.4, 0.5) is 0 Å². The molecule has 3 heteroatoms. The number of hydrogen-bond donors (Lipinski definition) is 3. The molecular weight excluding hydrogens is 198 g/mol. The van der Waals surface area contributed by atoms with Crippen LogP contribution in [0.2, 0.25) is 0 Å². The van der Waals surface area contributed by atoms with Crippen molar-refractivity contribution in [1.82, 2.24) is 5.32 Å². The molecule has 1 aliphatic heterocycles. The quantitative estimate of drug-likeness (QED) is 0.697. The number of benzene rings is 1. The van der Waals surface area contributed by atoms with Gasteiger partial charge in [0, 0.05) is 11.1 Å². The second kappa shape index (κ2) is 3.44. The molecule has 0 aromatic heterocycles. The van der Waals surface area contributed by atoms with Crippen molar-refractivity contribution >= 4 is 11.7 Å². The van der Waals surface area contributed by atoms with Gasteiger partial charge in [0.15, 0.2) is 0 Å². The molecule has 3 N–H and O–H groups in total. The summed E-state index contributed by atoms with van der Waals surface area (Å²) in [4.78, 5) is 0. The van der Waals surface area contributed by atoms with Gasteiger partial charge in [0.25, 0.3) is 0 Å². The van der Waals surface area contributed by atoms with Crippen molar-refractivity contribution in [2.45, 2.75) is 32.6 Å². The van der Waals surface area contributed by atoms with Gasteiger partial charge in [-0.1, -0.05) is 32.9 Å². The fraction of sp³-hybridized carbons (Fsp3) is 0.385. The summed E-state index contributed by atoms with van der Waals surface area (Å²) in [5.41, 5.74) is 3.04. The molecule has 1 aliphatic rings. The van der Waals surface area contributed by atoms with Crippen LogP contribution in [0.1, 0.15) is 43.9 Å². The first kappa shape index (κ1) is 10.9. The van der Waals surface area contributed by atoms with Crippen LogP contribution in [0.15, 0.2) is 18.2 Å². The molecule has 0 saturated carbocycles. The lowest BCUT2D eigenvalue weighted by atomic mass is 9.81. The van der Waals surface area contributed by atoms with Crippen LogP contribution in [0.5, 0.6) is 0 Å². The van der Waals surface area contributed by atoms with Gasteiger partial charge in [-0.2, -0.15) is 0 Å². The highest BCUT2D eigenvalue weighted by Crippen LogP contribution is 2.29. The van der Waals surface area contributed by atoms with Crippen molar-refractivity contribution in [2.24, 2.45) is 0 Å². The van der Waals surface area contributed by atoms with Gasteiger partial charge in [-0.25, -0.2) is 0 Å². The van der Waals surface area contributed by atoms with E-state index in [9.17, 15) is 0 Å². The van der Waals surface area contributed by atoms with Crippen molar-refractivity contribution in [3.63, 3.8) is 0 Å². The Hall–Kier alpha value is -1.64. The summed E-state index contributed by atoms with van der Waals surface area (Å²) < 4.78 is 0. The summed E-state index contributed by atoms with van der Waals surface area (Å²) in [7, 11) is 0. The zero-order valence-electron chi connectivity index (χ0n) is 9.94. The molecule has 0 unspecified atom stereocenters. The number of fused-ring (bicyclic) bond motifs is 1. The Labute approximate surface area is 95.9 Å². The summed E-state index contributed by atoms with van der Waals surface area (Å²) in [6.07, 6.45) is 1.06. The van der Waals surface area contributed by atoms with Crippen molar-refractivity contribution in [2.75, 3.05) is 0 Å². The maximum absolute atomic E-state index is 7.77. The normalized spacial score (nSPS) is 14.9. The number of amidine groups is 2. The van der Waals surface area contributed by atoms with Gasteiger partial charge in [-0.15, -0.1) is 0 Å². The molecule has 84 valence electrons. The predicted octanol–water partition coefficient (Wildman–Crippen LogP) is 2.63. The van der Waals surface area contributed by atoms with Crippen LogP contribution >= 0.6 is 0 Å². The van der Waals surface area contributed by atoms with Crippen LogP contribution in [-0.2, 0) is 5.41 Å². The molecule has 0 aliphatic carbocycles. The molecule has 0 radical (unpaired) electrons. The van der Waals surface area contributed by atoms with Crippen molar-refractivity contribution in [1.29, 1.82) is 10.8 Å². The van der Waals surface area contributed by atoms with Gasteiger partial charge in [0.05, 0.1) is 0 Å². The summed E-state index contributed by atoms with van der Waals surface area (Å²) >= 11 is 0. The van der Waals surface area contributed by atoms with E-state index in [0.717, 1.165) is 17.5 Å². The van der Waals surface area contributed by atoms with Crippen LogP contribution < -0.4 is 5.32 Å². The largest absolute Gasteiger partial charge is 0.325 e. The molecule has 1 aromatic carbocycles. The Kier molecular flexibility index (Phi) is 2.34. The third kappa shape index (κ3) is 1.52. The molecule has 3 nitrogen and oxygen atoms in total. The predicted molar refractivity (Wildman–Crippen MR) is 66.6 cm³/mol. The third-order valence-electron chi connectivity index (χ3n) is 3.47. The summed E-state index contributed by atoms with van der Waals surface area (Å²) in [5.74, 6) is 0.676. The SMILES string of the molecule is CCC(C)(C)c1ccc2c(c1)C(=N)NC2=N. The maximum Gasteiger partial charge on any atom is 0.131 e. The van der Waals surface area contributed by atoms with Gasteiger partial charge in [-0.05, 0) is 23.5 Å². The molecule has 0 atom stereocenters. The molecule has 0 saturated heterocycles. The number of nitrogens with one attached hydrogen (secondary N) is 3. The molecular formula is C13H17N3. The highest BCUT2D eigenvalue weighted by molar-refractivity contribution is 6.23. The Balaban J connectivity index is 2.52. The van der Waals surface area contributed by atoms with Crippen molar-refractivity contribution < 1.29 is 0 Å². The van der Waals surface area contributed by atoms with Crippen LogP contribution in [-0.4, -0.2) is 11.7 Å². The van der Waals surface area contributed by atoms with E-state index in [2.05, 4.69) is 32.2 Å². The Morgan fingerprint density at radius 2 is 1.75 bits per heavy atom. The second-order valence-electron chi connectivity index (χ2n) is 4.87. The number of hydrogen-bond acceptors (Lipinski definition) is 2. The lowest BCUT2D eigenvalue weighted by molar-refractivity contribution is 0.506. The molecule has 0 amide bonds. The molecule has 0 bridgehead atoms. The first-order valence-electron chi connectivity index (χ1n) is 5.55. The molecule has 1 heterocycles. The molecule has 16 heavy (non-hydrogen) atoms. The minimum absolute atomic E-state index is 0.125. The van der Waals surface area contributed by atoms with E-state index in [4.69, 9.17) is 10.8 Å². The van der Waals surface area contributed by atoms with Crippen LogP contribution in [0.3, 0.4) is 0 Å². The highest BCUT2D eigenvalue weighted by atomic mass is 15.0. The Morgan fingerprint density at radius 3 is 2.38 bits per heavy atom. The van der Waals surface area contributed by atoms with E-state index in [-0.39, 0.29) is 5.41 Å². The fourth-order valence-corrected chi connectivity index (χ4v) is 1.85. The first-order chi connectivity index (χ1) is 7.45. The fourth-order valence-electron chi connectivity index (χ4n) is 1.85. The molecule has 1 aromatic rings. The second-order valence-corrected chi connectivity index (χ2v) is 4.87.